The van der Waals surface area contributed by atoms with Crippen molar-refractivity contribution >= 4 is 38.9 Å². The first-order chi connectivity index (χ1) is 12.5. The van der Waals surface area contributed by atoms with Crippen molar-refractivity contribution in [2.45, 2.75) is 13.8 Å². The molecule has 0 radical (unpaired) electrons. The lowest BCUT2D eigenvalue weighted by Crippen LogP contribution is -2.47. The average molecular weight is 370 g/mol. The van der Waals surface area contributed by atoms with Crippen LogP contribution in [-0.4, -0.2) is 46.1 Å². The van der Waals surface area contributed by atoms with Gasteiger partial charge in [-0.2, -0.15) is 0 Å². The summed E-state index contributed by atoms with van der Waals surface area (Å²) in [6.07, 6.45) is 2.97. The van der Waals surface area contributed by atoms with Crippen LogP contribution < -0.4 is 9.80 Å². The number of thiophene rings is 1. The molecule has 0 aromatic carbocycles. The number of nitrogens with zero attached hydrogens (tertiary/aromatic N) is 6. The number of nitro groups is 1. The summed E-state index contributed by atoms with van der Waals surface area (Å²) in [6, 6.07) is 3.93. The van der Waals surface area contributed by atoms with Crippen LogP contribution in [0.25, 0.3) is 10.2 Å². The monoisotopic (exact) mass is 370 g/mol. The van der Waals surface area contributed by atoms with Crippen molar-refractivity contribution in [3.8, 4) is 0 Å². The molecule has 0 spiro atoms. The van der Waals surface area contributed by atoms with Crippen molar-refractivity contribution < 1.29 is 4.92 Å². The molecule has 4 rings (SSSR count). The summed E-state index contributed by atoms with van der Waals surface area (Å²) >= 11 is 1.68. The Morgan fingerprint density at radius 2 is 1.81 bits per heavy atom. The predicted molar refractivity (Wildman–Crippen MR) is 102 cm³/mol. The molecule has 1 aliphatic heterocycles. The van der Waals surface area contributed by atoms with E-state index in [0.29, 0.717) is 5.56 Å². The zero-order chi connectivity index (χ0) is 18.3. The zero-order valence-corrected chi connectivity index (χ0v) is 15.4. The summed E-state index contributed by atoms with van der Waals surface area (Å²) in [4.78, 5) is 30.4. The maximum absolute atomic E-state index is 11.0. The lowest BCUT2D eigenvalue weighted by molar-refractivity contribution is -0.385. The summed E-state index contributed by atoms with van der Waals surface area (Å²) < 4.78 is 0. The second kappa shape index (κ2) is 6.49. The number of pyridine rings is 1. The molecule has 0 amide bonds. The van der Waals surface area contributed by atoms with Crippen LogP contribution >= 0.6 is 11.3 Å². The van der Waals surface area contributed by atoms with Gasteiger partial charge in [0.25, 0.3) is 5.69 Å². The third kappa shape index (κ3) is 2.94. The molecule has 134 valence electrons. The van der Waals surface area contributed by atoms with Crippen LogP contribution in [0.3, 0.4) is 0 Å². The summed E-state index contributed by atoms with van der Waals surface area (Å²) in [7, 11) is 0. The van der Waals surface area contributed by atoms with Gasteiger partial charge in [-0.25, -0.2) is 15.0 Å². The number of aryl methyl sites for hydroxylation is 2. The normalized spacial score (nSPS) is 14.8. The molecule has 1 saturated heterocycles. The number of hydrogen-bond acceptors (Lipinski definition) is 8. The van der Waals surface area contributed by atoms with E-state index in [1.54, 1.807) is 30.7 Å². The molecule has 1 aliphatic rings. The van der Waals surface area contributed by atoms with Gasteiger partial charge >= 0.3 is 0 Å². The second-order valence-electron chi connectivity index (χ2n) is 6.33. The van der Waals surface area contributed by atoms with Crippen molar-refractivity contribution in [2.75, 3.05) is 36.0 Å². The van der Waals surface area contributed by atoms with Crippen molar-refractivity contribution in [2.24, 2.45) is 0 Å². The van der Waals surface area contributed by atoms with E-state index >= 15 is 0 Å². The molecule has 4 heterocycles. The molecule has 0 N–H and O–H groups in total. The SMILES string of the molecule is Cc1cc2c(N3CCN(c4cc(C)c([N+](=O)[O-])cn4)CC3)ncnc2s1. The Balaban J connectivity index is 1.52. The average Bonchev–Trinajstić information content (AvgIpc) is 3.01. The number of aromatic nitrogens is 3. The lowest BCUT2D eigenvalue weighted by atomic mass is 10.2. The van der Waals surface area contributed by atoms with Gasteiger partial charge in [-0.05, 0) is 26.0 Å². The van der Waals surface area contributed by atoms with E-state index in [4.69, 9.17) is 0 Å². The molecule has 0 saturated carbocycles. The van der Waals surface area contributed by atoms with Gasteiger partial charge in [-0.15, -0.1) is 11.3 Å². The molecule has 0 atom stereocenters. The molecular weight excluding hydrogens is 352 g/mol. The predicted octanol–water partition coefficient (Wildman–Crippen LogP) is 2.94. The van der Waals surface area contributed by atoms with Crippen molar-refractivity contribution in [1.82, 2.24) is 15.0 Å². The number of hydrogen-bond donors (Lipinski definition) is 0. The van der Waals surface area contributed by atoms with Gasteiger partial charge in [0.15, 0.2) is 0 Å². The molecule has 26 heavy (non-hydrogen) atoms. The smallest absolute Gasteiger partial charge is 0.290 e. The standard InChI is InChI=1S/C17H18N6O2S/c1-11-7-15(18-9-14(11)23(24)25)21-3-5-22(6-4-21)16-13-8-12(2)26-17(13)20-10-19-16/h7-10H,3-6H2,1-2H3. The number of piperazine rings is 1. The van der Waals surface area contributed by atoms with Crippen LogP contribution in [0.1, 0.15) is 10.4 Å². The van der Waals surface area contributed by atoms with E-state index in [9.17, 15) is 10.1 Å². The van der Waals surface area contributed by atoms with Crippen LogP contribution in [0.4, 0.5) is 17.3 Å². The minimum atomic E-state index is -0.396. The van der Waals surface area contributed by atoms with Gasteiger partial charge in [0.1, 0.15) is 29.0 Å². The van der Waals surface area contributed by atoms with E-state index in [1.165, 1.54) is 11.1 Å². The Morgan fingerprint density at radius 3 is 2.50 bits per heavy atom. The molecule has 3 aromatic rings. The Bertz CT molecular complexity index is 981. The van der Waals surface area contributed by atoms with Gasteiger partial charge in [0, 0.05) is 36.6 Å². The zero-order valence-electron chi connectivity index (χ0n) is 14.5. The minimum Gasteiger partial charge on any atom is -0.353 e. The quantitative estimate of drug-likeness (QED) is 0.517. The second-order valence-corrected chi connectivity index (χ2v) is 7.57. The Hall–Kier alpha value is -2.81. The fraction of sp³-hybridized carbons (Fsp3) is 0.353. The molecule has 3 aromatic heterocycles. The van der Waals surface area contributed by atoms with E-state index in [0.717, 1.165) is 48.0 Å². The van der Waals surface area contributed by atoms with Crippen LogP contribution in [0.15, 0.2) is 24.7 Å². The number of anilines is 2. The fourth-order valence-corrected chi connectivity index (χ4v) is 4.10. The molecule has 8 nitrogen and oxygen atoms in total. The molecule has 9 heteroatoms. The highest BCUT2D eigenvalue weighted by molar-refractivity contribution is 7.18. The highest BCUT2D eigenvalue weighted by Crippen LogP contribution is 2.30. The van der Waals surface area contributed by atoms with E-state index in [1.807, 2.05) is 0 Å². The molecule has 0 unspecified atom stereocenters. The van der Waals surface area contributed by atoms with E-state index in [-0.39, 0.29) is 5.69 Å². The van der Waals surface area contributed by atoms with Crippen LogP contribution in [0, 0.1) is 24.0 Å². The van der Waals surface area contributed by atoms with E-state index in [2.05, 4.69) is 37.7 Å². The first-order valence-electron chi connectivity index (χ1n) is 8.35. The molecule has 0 aliphatic carbocycles. The lowest BCUT2D eigenvalue weighted by Gasteiger charge is -2.36. The first kappa shape index (κ1) is 16.6. The topological polar surface area (TPSA) is 88.3 Å². The Morgan fingerprint density at radius 1 is 1.08 bits per heavy atom. The van der Waals surface area contributed by atoms with Crippen LogP contribution in [0.5, 0.6) is 0 Å². The molecular formula is C17H18N6O2S. The van der Waals surface area contributed by atoms with E-state index < -0.39 is 4.92 Å². The van der Waals surface area contributed by atoms with Crippen molar-refractivity contribution in [3.63, 3.8) is 0 Å². The van der Waals surface area contributed by atoms with Gasteiger partial charge < -0.3 is 9.80 Å². The van der Waals surface area contributed by atoms with Crippen molar-refractivity contribution in [3.05, 3.63) is 45.2 Å². The third-order valence-electron chi connectivity index (χ3n) is 4.60. The highest BCUT2D eigenvalue weighted by atomic mass is 32.1. The summed E-state index contributed by atoms with van der Waals surface area (Å²) in [5.41, 5.74) is 0.692. The van der Waals surface area contributed by atoms with Crippen molar-refractivity contribution in [1.29, 1.82) is 0 Å². The third-order valence-corrected chi connectivity index (χ3v) is 5.56. The first-order valence-corrected chi connectivity index (χ1v) is 9.16. The number of fused-ring (bicyclic) bond motifs is 1. The minimum absolute atomic E-state index is 0.0589. The van der Waals surface area contributed by atoms with Gasteiger partial charge in [0.2, 0.25) is 0 Å². The van der Waals surface area contributed by atoms with Crippen LogP contribution in [-0.2, 0) is 0 Å². The fourth-order valence-electron chi connectivity index (χ4n) is 3.26. The van der Waals surface area contributed by atoms with Gasteiger partial charge in [0.05, 0.1) is 10.3 Å². The van der Waals surface area contributed by atoms with Crippen LogP contribution in [0.2, 0.25) is 0 Å². The molecule has 1 fully saturated rings. The maximum Gasteiger partial charge on any atom is 0.290 e. The van der Waals surface area contributed by atoms with Gasteiger partial charge in [-0.1, -0.05) is 0 Å². The van der Waals surface area contributed by atoms with Gasteiger partial charge in [-0.3, -0.25) is 10.1 Å². The summed E-state index contributed by atoms with van der Waals surface area (Å²) in [5.74, 6) is 1.76. The summed E-state index contributed by atoms with van der Waals surface area (Å²) in [6.45, 7) is 7.04. The largest absolute Gasteiger partial charge is 0.353 e. The Labute approximate surface area is 154 Å². The maximum atomic E-state index is 11.0. The Kier molecular flexibility index (Phi) is 4.15. The molecule has 0 bridgehead atoms. The summed E-state index contributed by atoms with van der Waals surface area (Å²) in [5, 5.41) is 12.1. The highest BCUT2D eigenvalue weighted by Gasteiger charge is 2.22. The number of rotatable bonds is 3.